The van der Waals surface area contributed by atoms with E-state index in [9.17, 15) is 0 Å². The summed E-state index contributed by atoms with van der Waals surface area (Å²) in [4.78, 5) is 0. The van der Waals surface area contributed by atoms with Crippen LogP contribution in [0.3, 0.4) is 0 Å². The minimum atomic E-state index is -1.88. The first-order valence-electron chi connectivity index (χ1n) is 8.83. The van der Waals surface area contributed by atoms with Crippen LogP contribution in [0.25, 0.3) is 0 Å². The van der Waals surface area contributed by atoms with E-state index in [-0.39, 0.29) is 22.5 Å². The first-order valence-corrected chi connectivity index (χ1v) is 14.6. The van der Waals surface area contributed by atoms with E-state index >= 15 is 0 Å². The van der Waals surface area contributed by atoms with Crippen LogP contribution in [0.15, 0.2) is 11.8 Å². The second-order valence-corrected chi connectivity index (χ2v) is 19.3. The standard InChI is InChI=1S/C18H38O4Si2/c1-17(2,3)23(8,9)20-13-14-12-15(16(19-7)21-14)22-24(10,11)18(4,5)6/h12,15-16H,13H2,1-11H3/t15-,16-/m1/s1. The SMILES string of the molecule is CO[C@@H]1OC(CO[Si](C)(C)C(C)(C)C)=C[C@H]1O[Si](C)(C)C(C)(C)C. The molecule has 0 spiro atoms. The molecule has 0 aromatic carbocycles. The molecule has 0 aromatic rings. The Kier molecular flexibility index (Phi) is 6.60. The van der Waals surface area contributed by atoms with Crippen molar-refractivity contribution in [1.82, 2.24) is 0 Å². The van der Waals surface area contributed by atoms with Crippen LogP contribution in [0.5, 0.6) is 0 Å². The number of rotatable bonds is 6. The number of methoxy groups -OCH3 is 1. The normalized spacial score (nSPS) is 23.2. The van der Waals surface area contributed by atoms with Crippen LogP contribution in [0.2, 0.25) is 36.3 Å². The molecule has 0 saturated heterocycles. The fourth-order valence-corrected chi connectivity index (χ4v) is 4.01. The van der Waals surface area contributed by atoms with Gasteiger partial charge in [-0.05, 0) is 42.3 Å². The minimum absolute atomic E-state index is 0.152. The van der Waals surface area contributed by atoms with Gasteiger partial charge < -0.3 is 18.3 Å². The maximum absolute atomic E-state index is 6.46. The molecule has 0 unspecified atom stereocenters. The first kappa shape index (κ1) is 21.9. The third-order valence-corrected chi connectivity index (χ3v) is 14.7. The van der Waals surface area contributed by atoms with Crippen molar-refractivity contribution in [2.24, 2.45) is 0 Å². The second kappa shape index (κ2) is 7.23. The highest BCUT2D eigenvalue weighted by Crippen LogP contribution is 2.40. The predicted molar refractivity (Wildman–Crippen MR) is 105 cm³/mol. The molecular weight excluding hydrogens is 336 g/mol. The van der Waals surface area contributed by atoms with Gasteiger partial charge in [0, 0.05) is 7.11 Å². The number of hydrogen-bond acceptors (Lipinski definition) is 4. The third kappa shape index (κ3) is 5.18. The van der Waals surface area contributed by atoms with Gasteiger partial charge in [0.1, 0.15) is 11.9 Å². The average Bonchev–Trinajstić information content (AvgIpc) is 2.75. The molecule has 24 heavy (non-hydrogen) atoms. The summed E-state index contributed by atoms with van der Waals surface area (Å²) in [5.41, 5.74) is 0. The Morgan fingerprint density at radius 3 is 1.88 bits per heavy atom. The van der Waals surface area contributed by atoms with Gasteiger partial charge in [0.05, 0.1) is 6.61 Å². The largest absolute Gasteiger partial charge is 0.464 e. The molecular formula is C18H38O4Si2. The fraction of sp³-hybridized carbons (Fsp3) is 0.889. The van der Waals surface area contributed by atoms with Gasteiger partial charge in [-0.15, -0.1) is 0 Å². The number of hydrogen-bond donors (Lipinski definition) is 0. The lowest BCUT2D eigenvalue weighted by Crippen LogP contribution is -2.46. The second-order valence-electron chi connectivity index (χ2n) is 9.75. The first-order chi connectivity index (χ1) is 10.6. The summed E-state index contributed by atoms with van der Waals surface area (Å²) < 4.78 is 24.1. The molecule has 0 aromatic heterocycles. The van der Waals surface area contributed by atoms with Gasteiger partial charge in [0.15, 0.2) is 16.6 Å². The zero-order valence-electron chi connectivity index (χ0n) is 17.6. The molecule has 1 rings (SSSR count). The van der Waals surface area contributed by atoms with Gasteiger partial charge in [-0.25, -0.2) is 0 Å². The predicted octanol–water partition coefficient (Wildman–Crippen LogP) is 5.29. The zero-order valence-corrected chi connectivity index (χ0v) is 19.6. The highest BCUT2D eigenvalue weighted by atomic mass is 28.4. The van der Waals surface area contributed by atoms with Crippen molar-refractivity contribution in [3.63, 3.8) is 0 Å². The molecule has 0 N–H and O–H groups in total. The molecule has 6 heteroatoms. The fourth-order valence-electron chi connectivity index (χ4n) is 1.86. The van der Waals surface area contributed by atoms with Crippen LogP contribution in [-0.4, -0.2) is 42.7 Å². The van der Waals surface area contributed by atoms with Gasteiger partial charge in [-0.1, -0.05) is 41.5 Å². The molecule has 0 amide bonds. The Labute approximate surface area is 151 Å². The summed E-state index contributed by atoms with van der Waals surface area (Å²) in [7, 11) is -2.02. The zero-order chi connectivity index (χ0) is 19.0. The average molecular weight is 375 g/mol. The Hall–Kier alpha value is -0.146. The Balaban J connectivity index is 2.79. The number of ether oxygens (including phenoxy) is 2. The lowest BCUT2D eigenvalue weighted by Gasteiger charge is -2.38. The van der Waals surface area contributed by atoms with E-state index in [2.05, 4.69) is 67.7 Å². The highest BCUT2D eigenvalue weighted by molar-refractivity contribution is 6.74. The van der Waals surface area contributed by atoms with E-state index in [1.165, 1.54) is 0 Å². The molecule has 2 atom stereocenters. The third-order valence-electron chi connectivity index (χ3n) is 5.74. The lowest BCUT2D eigenvalue weighted by atomic mass is 10.2. The quantitative estimate of drug-likeness (QED) is 0.592. The smallest absolute Gasteiger partial charge is 0.228 e. The van der Waals surface area contributed by atoms with Crippen LogP contribution < -0.4 is 0 Å². The molecule has 1 heterocycles. The van der Waals surface area contributed by atoms with Crippen molar-refractivity contribution in [3.8, 4) is 0 Å². The molecule has 0 aliphatic carbocycles. The summed E-state index contributed by atoms with van der Waals surface area (Å²) in [5, 5.41) is 0.337. The van der Waals surface area contributed by atoms with Crippen LogP contribution in [0.1, 0.15) is 41.5 Å². The van der Waals surface area contributed by atoms with Crippen molar-refractivity contribution < 1.29 is 18.3 Å². The van der Waals surface area contributed by atoms with E-state index in [0.29, 0.717) is 6.61 Å². The van der Waals surface area contributed by atoms with Gasteiger partial charge in [0.2, 0.25) is 6.29 Å². The summed E-state index contributed by atoms with van der Waals surface area (Å²) in [5.74, 6) is 0.829. The molecule has 142 valence electrons. The lowest BCUT2D eigenvalue weighted by molar-refractivity contribution is -0.124. The Morgan fingerprint density at radius 1 is 0.958 bits per heavy atom. The summed E-state index contributed by atoms with van der Waals surface area (Å²) >= 11 is 0. The molecule has 0 radical (unpaired) electrons. The van der Waals surface area contributed by atoms with E-state index in [0.717, 1.165) is 5.76 Å². The monoisotopic (exact) mass is 374 g/mol. The van der Waals surface area contributed by atoms with Crippen molar-refractivity contribution >= 4 is 16.6 Å². The van der Waals surface area contributed by atoms with Crippen molar-refractivity contribution in [2.45, 2.75) is 90.2 Å². The van der Waals surface area contributed by atoms with Gasteiger partial charge in [-0.2, -0.15) is 0 Å². The molecule has 4 nitrogen and oxygen atoms in total. The van der Waals surface area contributed by atoms with Crippen molar-refractivity contribution in [3.05, 3.63) is 11.8 Å². The molecule has 0 saturated carbocycles. The maximum Gasteiger partial charge on any atom is 0.228 e. The van der Waals surface area contributed by atoms with E-state index in [1.807, 2.05) is 6.08 Å². The van der Waals surface area contributed by atoms with Gasteiger partial charge >= 0.3 is 0 Å². The molecule has 1 aliphatic rings. The van der Waals surface area contributed by atoms with Crippen LogP contribution in [-0.2, 0) is 18.3 Å². The molecule has 1 aliphatic heterocycles. The molecule has 0 bridgehead atoms. The van der Waals surface area contributed by atoms with Gasteiger partial charge in [0.25, 0.3) is 0 Å². The van der Waals surface area contributed by atoms with Gasteiger partial charge in [-0.3, -0.25) is 0 Å². The van der Waals surface area contributed by atoms with Crippen LogP contribution in [0, 0.1) is 0 Å². The van der Waals surface area contributed by atoms with E-state index < -0.39 is 16.6 Å². The van der Waals surface area contributed by atoms with E-state index in [1.54, 1.807) is 7.11 Å². The van der Waals surface area contributed by atoms with E-state index in [4.69, 9.17) is 18.3 Å². The minimum Gasteiger partial charge on any atom is -0.464 e. The topological polar surface area (TPSA) is 36.9 Å². The van der Waals surface area contributed by atoms with Crippen LogP contribution >= 0.6 is 0 Å². The summed E-state index contributed by atoms with van der Waals surface area (Å²) in [6.45, 7) is 22.9. The van der Waals surface area contributed by atoms with Crippen molar-refractivity contribution in [2.75, 3.05) is 13.7 Å². The Morgan fingerprint density at radius 2 is 1.46 bits per heavy atom. The Bertz CT molecular complexity index is 459. The summed E-state index contributed by atoms with van der Waals surface area (Å²) in [6.07, 6.45) is 1.51. The van der Waals surface area contributed by atoms with Crippen molar-refractivity contribution in [1.29, 1.82) is 0 Å². The highest BCUT2D eigenvalue weighted by Gasteiger charge is 2.43. The maximum atomic E-state index is 6.46. The molecule has 0 fully saturated rings. The van der Waals surface area contributed by atoms with Crippen LogP contribution in [0.4, 0.5) is 0 Å². The summed E-state index contributed by atoms with van der Waals surface area (Å²) in [6, 6.07) is 0.